The van der Waals surface area contributed by atoms with Crippen LogP contribution in [-0.2, 0) is 16.5 Å². The maximum atomic E-state index is 11.4. The van der Waals surface area contributed by atoms with Gasteiger partial charge in [0, 0.05) is 30.0 Å². The molecule has 2 N–H and O–H groups in total. The van der Waals surface area contributed by atoms with Gasteiger partial charge in [-0.15, -0.1) is 0 Å². The number of hydrogen-bond acceptors (Lipinski definition) is 3. The Morgan fingerprint density at radius 3 is 2.48 bits per heavy atom. The minimum absolute atomic E-state index is 0.128. The number of phenolic OH excluding ortho intramolecular Hbond substituents is 1. The van der Waals surface area contributed by atoms with Gasteiger partial charge < -0.3 is 14.6 Å². The first-order valence-corrected chi connectivity index (χ1v) is 9.37. The second-order valence-electron chi connectivity index (χ2n) is 7.59. The van der Waals surface area contributed by atoms with E-state index in [9.17, 15) is 13.9 Å². The lowest BCUT2D eigenvalue weighted by Gasteiger charge is -2.20. The van der Waals surface area contributed by atoms with Crippen LogP contribution in [0, 0.1) is 6.92 Å². The highest BCUT2D eigenvalue weighted by atomic mass is 32.2. The lowest BCUT2D eigenvalue weighted by molar-refractivity contribution is 0.445. The van der Waals surface area contributed by atoms with Crippen molar-refractivity contribution in [2.24, 2.45) is 0 Å². The number of aryl methyl sites for hydroxylation is 1. The molecule has 0 radical (unpaired) electrons. The van der Waals surface area contributed by atoms with E-state index in [2.05, 4.69) is 30.9 Å². The third-order valence-corrected chi connectivity index (χ3v) is 5.99. The Labute approximate surface area is 149 Å². The molecule has 25 heavy (non-hydrogen) atoms. The molecule has 3 aromatic carbocycles. The zero-order valence-electron chi connectivity index (χ0n) is 14.8. The van der Waals surface area contributed by atoms with E-state index in [4.69, 9.17) is 0 Å². The Balaban J connectivity index is 2.16. The van der Waals surface area contributed by atoms with E-state index < -0.39 is 11.1 Å². The summed E-state index contributed by atoms with van der Waals surface area (Å²) in [6.07, 6.45) is 0. The normalized spacial score (nSPS) is 17.2. The molecule has 1 aliphatic rings. The number of rotatable bonds is 1. The molecule has 1 unspecified atom stereocenters. The zero-order valence-corrected chi connectivity index (χ0v) is 15.6. The van der Waals surface area contributed by atoms with Crippen molar-refractivity contribution in [1.82, 2.24) is 0 Å². The number of hydrogen-bond donors (Lipinski definition) is 2. The average molecular weight is 355 g/mol. The van der Waals surface area contributed by atoms with E-state index in [0.29, 0.717) is 10.6 Å². The van der Waals surface area contributed by atoms with E-state index in [1.165, 1.54) is 0 Å². The third-order valence-electron chi connectivity index (χ3n) is 5.33. The first-order chi connectivity index (χ1) is 11.7. The molecular weight excluding hydrogens is 334 g/mol. The second kappa shape index (κ2) is 5.19. The van der Waals surface area contributed by atoms with Crippen LogP contribution in [0.2, 0.25) is 0 Å². The van der Waals surface area contributed by atoms with Crippen LogP contribution in [0.5, 0.6) is 5.75 Å². The van der Waals surface area contributed by atoms with E-state index in [-0.39, 0.29) is 5.41 Å². The molecule has 0 aliphatic carbocycles. The molecule has 4 nitrogen and oxygen atoms in total. The molecule has 0 bridgehead atoms. The van der Waals surface area contributed by atoms with Gasteiger partial charge in [-0.2, -0.15) is 0 Å². The van der Waals surface area contributed by atoms with Crippen molar-refractivity contribution in [1.29, 1.82) is 0 Å². The summed E-state index contributed by atoms with van der Waals surface area (Å²) >= 11 is -2.00. The summed E-state index contributed by atoms with van der Waals surface area (Å²) in [5.74, 6) is 0.379. The Kier molecular flexibility index (Phi) is 3.40. The molecule has 3 aromatic rings. The highest BCUT2D eigenvalue weighted by molar-refractivity contribution is 7.79. The molecule has 4 rings (SSSR count). The fraction of sp³-hybridized carbons (Fsp3) is 0.300. The second-order valence-corrected chi connectivity index (χ2v) is 8.56. The predicted molar refractivity (Wildman–Crippen MR) is 103 cm³/mol. The van der Waals surface area contributed by atoms with Gasteiger partial charge in [-0.3, -0.25) is 0 Å². The van der Waals surface area contributed by atoms with Crippen molar-refractivity contribution in [3.63, 3.8) is 0 Å². The molecule has 0 amide bonds. The van der Waals surface area contributed by atoms with Crippen LogP contribution in [-0.4, -0.2) is 27.5 Å². The highest BCUT2D eigenvalue weighted by Crippen LogP contribution is 2.51. The van der Waals surface area contributed by atoms with E-state index in [1.807, 2.05) is 20.0 Å². The van der Waals surface area contributed by atoms with Crippen LogP contribution in [0.4, 0.5) is 5.69 Å². The highest BCUT2D eigenvalue weighted by Gasteiger charge is 2.38. The summed E-state index contributed by atoms with van der Waals surface area (Å²) in [5.41, 5.74) is 2.80. The monoisotopic (exact) mass is 355 g/mol. The Hall–Kier alpha value is -2.11. The van der Waals surface area contributed by atoms with Crippen molar-refractivity contribution in [3.8, 4) is 5.75 Å². The van der Waals surface area contributed by atoms with Gasteiger partial charge in [0.05, 0.1) is 10.6 Å². The Morgan fingerprint density at radius 2 is 1.80 bits per heavy atom. The summed E-state index contributed by atoms with van der Waals surface area (Å²) in [6.45, 7) is 7.09. The molecule has 1 aliphatic heterocycles. The summed E-state index contributed by atoms with van der Waals surface area (Å²) in [5, 5.41) is 14.9. The van der Waals surface area contributed by atoms with Crippen molar-refractivity contribution in [2.45, 2.75) is 31.1 Å². The smallest absolute Gasteiger partial charge is 0.186 e. The third kappa shape index (κ3) is 2.26. The molecule has 1 heterocycles. The molecule has 0 saturated carbocycles. The van der Waals surface area contributed by atoms with Gasteiger partial charge in [-0.05, 0) is 52.9 Å². The fourth-order valence-corrected chi connectivity index (χ4v) is 4.65. The average Bonchev–Trinajstić information content (AvgIpc) is 2.79. The molecule has 0 saturated heterocycles. The Bertz CT molecular complexity index is 1070. The topological polar surface area (TPSA) is 60.8 Å². The lowest BCUT2D eigenvalue weighted by atomic mass is 9.83. The number of likely N-dealkylation sites (N-methyl/N-ethyl adjacent to an activating group) is 1. The van der Waals surface area contributed by atoms with Gasteiger partial charge >= 0.3 is 0 Å². The molecule has 0 aromatic heterocycles. The maximum absolute atomic E-state index is 11.4. The Morgan fingerprint density at radius 1 is 1.12 bits per heavy atom. The molecule has 130 valence electrons. The SMILES string of the molecule is Cc1c(O)c2c(c3cc4cc(S(=O)O)ccc4cc13)N(C)CC2(C)C. The van der Waals surface area contributed by atoms with E-state index in [1.54, 1.807) is 12.1 Å². The largest absolute Gasteiger partial charge is 0.507 e. The number of phenols is 1. The van der Waals surface area contributed by atoms with Crippen molar-refractivity contribution in [3.05, 3.63) is 41.5 Å². The van der Waals surface area contributed by atoms with Crippen LogP contribution < -0.4 is 4.90 Å². The number of benzene rings is 3. The lowest BCUT2D eigenvalue weighted by Crippen LogP contribution is -2.25. The summed E-state index contributed by atoms with van der Waals surface area (Å²) in [7, 11) is 2.05. The summed E-state index contributed by atoms with van der Waals surface area (Å²) in [6, 6.07) is 9.42. The van der Waals surface area contributed by atoms with Gasteiger partial charge in [0.15, 0.2) is 11.1 Å². The molecule has 1 atom stereocenters. The number of anilines is 1. The minimum atomic E-state index is -2.00. The van der Waals surface area contributed by atoms with Gasteiger partial charge in [0.1, 0.15) is 5.75 Å². The quantitative estimate of drug-likeness (QED) is 0.504. The van der Waals surface area contributed by atoms with Crippen molar-refractivity contribution >= 4 is 38.3 Å². The number of aromatic hydroxyl groups is 1. The predicted octanol–water partition coefficient (Wildman–Crippen LogP) is 4.32. The van der Waals surface area contributed by atoms with Gasteiger partial charge in [-0.25, -0.2) is 4.21 Å². The van der Waals surface area contributed by atoms with E-state index in [0.717, 1.165) is 44.9 Å². The van der Waals surface area contributed by atoms with Crippen LogP contribution in [0.25, 0.3) is 21.5 Å². The van der Waals surface area contributed by atoms with Crippen LogP contribution in [0.15, 0.2) is 35.2 Å². The first-order valence-electron chi connectivity index (χ1n) is 8.26. The maximum Gasteiger partial charge on any atom is 0.186 e. The molecular formula is C20H21NO3S. The van der Waals surface area contributed by atoms with Crippen molar-refractivity contribution in [2.75, 3.05) is 18.5 Å². The summed E-state index contributed by atoms with van der Waals surface area (Å²) in [4.78, 5) is 2.59. The fourth-order valence-electron chi connectivity index (χ4n) is 4.24. The van der Waals surface area contributed by atoms with Crippen LogP contribution in [0.1, 0.15) is 25.0 Å². The molecule has 0 fully saturated rings. The number of fused-ring (bicyclic) bond motifs is 4. The zero-order chi connectivity index (χ0) is 18.1. The number of nitrogens with zero attached hydrogens (tertiary/aromatic N) is 1. The van der Waals surface area contributed by atoms with Gasteiger partial charge in [0.25, 0.3) is 0 Å². The standard InChI is InChI=1S/C20H21NO3S/c1-11-15-8-12-5-6-14(25(23)24)7-13(12)9-16(15)18-17(19(11)22)20(2,3)10-21(18)4/h5-9,22H,10H2,1-4H3,(H,23,24). The molecule has 0 spiro atoms. The van der Waals surface area contributed by atoms with Crippen LogP contribution in [0.3, 0.4) is 0 Å². The van der Waals surface area contributed by atoms with Crippen molar-refractivity contribution < 1.29 is 13.9 Å². The minimum Gasteiger partial charge on any atom is -0.507 e. The van der Waals surface area contributed by atoms with Crippen LogP contribution >= 0.6 is 0 Å². The van der Waals surface area contributed by atoms with E-state index >= 15 is 0 Å². The van der Waals surface area contributed by atoms with Gasteiger partial charge in [-0.1, -0.05) is 19.9 Å². The molecule has 5 heteroatoms. The van der Waals surface area contributed by atoms with Gasteiger partial charge in [0.2, 0.25) is 0 Å². The summed E-state index contributed by atoms with van der Waals surface area (Å²) < 4.78 is 20.8. The first kappa shape index (κ1) is 16.4.